The van der Waals surface area contributed by atoms with Crippen LogP contribution in [0.25, 0.3) is 0 Å². The Hall–Kier alpha value is -0.620. The fraction of sp³-hybridized carbons (Fsp3) is 0.571. The molecule has 0 aliphatic carbocycles. The van der Waals surface area contributed by atoms with E-state index in [-0.39, 0.29) is 12.5 Å². The molecule has 1 N–H and O–H groups in total. The minimum atomic E-state index is -4.14. The second-order valence-electron chi connectivity index (χ2n) is 4.66. The van der Waals surface area contributed by atoms with Gasteiger partial charge in [0, 0.05) is 12.5 Å². The van der Waals surface area contributed by atoms with Crippen LogP contribution in [0.2, 0.25) is 0 Å². The molecule has 0 aromatic heterocycles. The fourth-order valence-corrected chi connectivity index (χ4v) is 2.52. The van der Waals surface area contributed by atoms with E-state index in [2.05, 4.69) is 21.2 Å². The molecule has 0 saturated carbocycles. The molecule has 1 unspecified atom stereocenters. The lowest BCUT2D eigenvalue weighted by Gasteiger charge is -2.21. The van der Waals surface area contributed by atoms with Crippen molar-refractivity contribution in [1.82, 2.24) is 5.32 Å². The number of halogens is 5. The summed E-state index contributed by atoms with van der Waals surface area (Å²) >= 11 is 3.17. The molecule has 0 fully saturated rings. The Morgan fingerprint density at radius 3 is 2.60 bits per heavy atom. The van der Waals surface area contributed by atoms with Crippen LogP contribution in [-0.4, -0.2) is 12.7 Å². The molecule has 20 heavy (non-hydrogen) atoms. The van der Waals surface area contributed by atoms with E-state index in [9.17, 15) is 17.6 Å². The van der Waals surface area contributed by atoms with Crippen LogP contribution in [0.3, 0.4) is 0 Å². The minimum absolute atomic E-state index is 0.0217. The molecular formula is C14H18BrF4N. The first kappa shape index (κ1) is 17.4. The Bertz CT molecular complexity index is 420. The Balaban J connectivity index is 2.75. The topological polar surface area (TPSA) is 12.0 Å². The zero-order valence-electron chi connectivity index (χ0n) is 11.2. The van der Waals surface area contributed by atoms with Gasteiger partial charge in [0.1, 0.15) is 5.82 Å². The zero-order chi connectivity index (χ0) is 15.2. The average Bonchev–Trinajstić information content (AvgIpc) is 2.36. The van der Waals surface area contributed by atoms with Gasteiger partial charge in [0.2, 0.25) is 0 Å². The first-order valence-electron chi connectivity index (χ1n) is 6.59. The van der Waals surface area contributed by atoms with Gasteiger partial charge >= 0.3 is 6.18 Å². The SMILES string of the molecule is CCCNC(CCCC(F)(F)F)c1cccc(F)c1Br. The number of alkyl halides is 3. The standard InChI is InChI=1S/C14H18BrF4N/c1-2-9-20-12(7-4-8-14(17,18)19)10-5-3-6-11(16)13(10)15/h3,5-6,12,20H,2,4,7-9H2,1H3. The lowest BCUT2D eigenvalue weighted by Crippen LogP contribution is -2.23. The van der Waals surface area contributed by atoms with Crippen molar-refractivity contribution in [2.75, 3.05) is 6.54 Å². The lowest BCUT2D eigenvalue weighted by molar-refractivity contribution is -0.135. The Kier molecular flexibility index (Phi) is 6.95. The predicted molar refractivity (Wildman–Crippen MR) is 75.0 cm³/mol. The molecular weight excluding hydrogens is 338 g/mol. The van der Waals surface area contributed by atoms with Crippen LogP contribution in [-0.2, 0) is 0 Å². The summed E-state index contributed by atoms with van der Waals surface area (Å²) in [7, 11) is 0. The van der Waals surface area contributed by atoms with E-state index < -0.39 is 18.4 Å². The van der Waals surface area contributed by atoms with Gasteiger partial charge in [-0.3, -0.25) is 0 Å². The van der Waals surface area contributed by atoms with Gasteiger partial charge in [-0.2, -0.15) is 13.2 Å². The largest absolute Gasteiger partial charge is 0.389 e. The molecule has 0 spiro atoms. The second-order valence-corrected chi connectivity index (χ2v) is 5.45. The maximum atomic E-state index is 13.5. The van der Waals surface area contributed by atoms with Gasteiger partial charge < -0.3 is 5.32 Å². The van der Waals surface area contributed by atoms with Gasteiger partial charge in [-0.1, -0.05) is 19.1 Å². The third-order valence-electron chi connectivity index (χ3n) is 2.95. The van der Waals surface area contributed by atoms with E-state index in [0.29, 0.717) is 23.0 Å². The van der Waals surface area contributed by atoms with Crippen molar-refractivity contribution >= 4 is 15.9 Å². The number of nitrogens with one attached hydrogen (secondary N) is 1. The molecule has 0 bridgehead atoms. The van der Waals surface area contributed by atoms with Crippen LogP contribution < -0.4 is 5.32 Å². The summed E-state index contributed by atoms with van der Waals surface area (Å²) in [5.41, 5.74) is 0.667. The van der Waals surface area contributed by atoms with Crippen molar-refractivity contribution < 1.29 is 17.6 Å². The number of hydrogen-bond acceptors (Lipinski definition) is 1. The lowest BCUT2D eigenvalue weighted by atomic mass is 10.0. The van der Waals surface area contributed by atoms with Gasteiger partial charge in [0.15, 0.2) is 0 Å². The van der Waals surface area contributed by atoms with Gasteiger partial charge in [0.05, 0.1) is 4.47 Å². The van der Waals surface area contributed by atoms with Crippen LogP contribution in [0.5, 0.6) is 0 Å². The smallest absolute Gasteiger partial charge is 0.310 e. The highest BCUT2D eigenvalue weighted by molar-refractivity contribution is 9.10. The molecule has 0 saturated heterocycles. The summed E-state index contributed by atoms with van der Waals surface area (Å²) in [4.78, 5) is 0. The van der Waals surface area contributed by atoms with Crippen molar-refractivity contribution in [3.8, 4) is 0 Å². The molecule has 0 aliphatic heterocycles. The highest BCUT2D eigenvalue weighted by Crippen LogP contribution is 2.31. The van der Waals surface area contributed by atoms with E-state index in [0.717, 1.165) is 6.42 Å². The average molecular weight is 356 g/mol. The third kappa shape index (κ3) is 5.79. The first-order chi connectivity index (χ1) is 9.35. The second kappa shape index (κ2) is 7.98. The normalized spacial score (nSPS) is 13.5. The highest BCUT2D eigenvalue weighted by atomic mass is 79.9. The van der Waals surface area contributed by atoms with Crippen LogP contribution in [0.4, 0.5) is 17.6 Å². The van der Waals surface area contributed by atoms with E-state index in [1.807, 2.05) is 6.92 Å². The number of hydrogen-bond donors (Lipinski definition) is 1. The zero-order valence-corrected chi connectivity index (χ0v) is 12.8. The van der Waals surface area contributed by atoms with Crippen molar-refractivity contribution in [1.29, 1.82) is 0 Å². The molecule has 0 radical (unpaired) electrons. The molecule has 0 aliphatic rings. The first-order valence-corrected chi connectivity index (χ1v) is 7.38. The van der Waals surface area contributed by atoms with Crippen molar-refractivity contribution in [2.24, 2.45) is 0 Å². The summed E-state index contributed by atoms with van der Waals surface area (Å²) in [5, 5.41) is 3.18. The van der Waals surface area contributed by atoms with Crippen LogP contribution in [0.1, 0.15) is 44.2 Å². The van der Waals surface area contributed by atoms with Gasteiger partial charge in [-0.15, -0.1) is 0 Å². The van der Waals surface area contributed by atoms with Gasteiger partial charge in [0.25, 0.3) is 0 Å². The van der Waals surface area contributed by atoms with Gasteiger partial charge in [-0.25, -0.2) is 4.39 Å². The Morgan fingerprint density at radius 1 is 1.30 bits per heavy atom. The van der Waals surface area contributed by atoms with E-state index >= 15 is 0 Å². The molecule has 0 heterocycles. The third-order valence-corrected chi connectivity index (χ3v) is 3.79. The van der Waals surface area contributed by atoms with Crippen LogP contribution in [0.15, 0.2) is 22.7 Å². The molecule has 1 aromatic carbocycles. The van der Waals surface area contributed by atoms with Crippen LogP contribution >= 0.6 is 15.9 Å². The van der Waals surface area contributed by atoms with Crippen molar-refractivity contribution in [3.05, 3.63) is 34.1 Å². The highest BCUT2D eigenvalue weighted by Gasteiger charge is 2.27. The molecule has 1 nitrogen and oxygen atoms in total. The summed E-state index contributed by atoms with van der Waals surface area (Å²) < 4.78 is 50.5. The van der Waals surface area contributed by atoms with Crippen molar-refractivity contribution in [2.45, 2.75) is 44.8 Å². The monoisotopic (exact) mass is 355 g/mol. The molecule has 1 aromatic rings. The van der Waals surface area contributed by atoms with E-state index in [1.54, 1.807) is 12.1 Å². The van der Waals surface area contributed by atoms with Crippen LogP contribution in [0, 0.1) is 5.82 Å². The molecule has 6 heteroatoms. The molecule has 0 amide bonds. The van der Waals surface area contributed by atoms with E-state index in [4.69, 9.17) is 0 Å². The summed E-state index contributed by atoms with van der Waals surface area (Å²) in [6, 6.07) is 4.34. The molecule has 1 atom stereocenters. The van der Waals surface area contributed by atoms with Crippen molar-refractivity contribution in [3.63, 3.8) is 0 Å². The summed E-state index contributed by atoms with van der Waals surface area (Å²) in [5.74, 6) is -0.401. The Labute approximate surface area is 124 Å². The minimum Gasteiger partial charge on any atom is -0.310 e. The number of rotatable bonds is 7. The molecule has 114 valence electrons. The summed E-state index contributed by atoms with van der Waals surface area (Å²) in [6.45, 7) is 2.65. The maximum Gasteiger partial charge on any atom is 0.389 e. The summed E-state index contributed by atoms with van der Waals surface area (Å²) in [6.07, 6.45) is -3.75. The maximum absolute atomic E-state index is 13.5. The molecule has 1 rings (SSSR count). The quantitative estimate of drug-likeness (QED) is 0.649. The van der Waals surface area contributed by atoms with Gasteiger partial charge in [-0.05, 0) is 53.4 Å². The van der Waals surface area contributed by atoms with E-state index in [1.165, 1.54) is 6.07 Å². The fourth-order valence-electron chi connectivity index (χ4n) is 1.98. The Morgan fingerprint density at radius 2 is 2.00 bits per heavy atom. The number of benzene rings is 1. The predicted octanol–water partition coefficient (Wildman–Crippen LogP) is 5.36.